The molecule has 2 aromatic carbocycles. The number of aromatic amines is 1. The number of carbonyl (C=O) groups excluding carboxylic acids is 2. The van der Waals surface area contributed by atoms with Gasteiger partial charge in [0.05, 0.1) is 6.54 Å². The standard InChI is InChI=1S/C23H26FN3O2/c1-23(2,3)27-21(29)14-25-20(28)13-12-18-17-6-4-5-7-19(17)26-22(18)15-8-10-16(24)11-9-15/h4-11,26H,12-14H2,1-3H3,(H,25,28)(H,27,29). The third-order valence-corrected chi connectivity index (χ3v) is 4.51. The van der Waals surface area contributed by atoms with Crippen LogP contribution in [0.5, 0.6) is 0 Å². The summed E-state index contributed by atoms with van der Waals surface area (Å²) in [5.74, 6) is -0.700. The highest BCUT2D eigenvalue weighted by Crippen LogP contribution is 2.31. The molecule has 0 fully saturated rings. The number of H-pyrrole nitrogens is 1. The van der Waals surface area contributed by atoms with Gasteiger partial charge in [0, 0.05) is 28.6 Å². The van der Waals surface area contributed by atoms with E-state index in [2.05, 4.69) is 15.6 Å². The number of nitrogens with one attached hydrogen (secondary N) is 3. The van der Waals surface area contributed by atoms with Crippen molar-refractivity contribution in [2.75, 3.05) is 6.54 Å². The largest absolute Gasteiger partial charge is 0.354 e. The fourth-order valence-electron chi connectivity index (χ4n) is 3.29. The van der Waals surface area contributed by atoms with Gasteiger partial charge in [0.1, 0.15) is 5.82 Å². The van der Waals surface area contributed by atoms with Crippen molar-refractivity contribution in [2.24, 2.45) is 0 Å². The summed E-state index contributed by atoms with van der Waals surface area (Å²) >= 11 is 0. The van der Waals surface area contributed by atoms with Gasteiger partial charge >= 0.3 is 0 Å². The molecule has 6 heteroatoms. The van der Waals surface area contributed by atoms with Gasteiger partial charge in [0.25, 0.3) is 0 Å². The zero-order valence-electron chi connectivity index (χ0n) is 16.9. The van der Waals surface area contributed by atoms with Crippen LogP contribution >= 0.6 is 0 Å². The Kier molecular flexibility index (Phi) is 6.01. The van der Waals surface area contributed by atoms with Crippen LogP contribution in [0.2, 0.25) is 0 Å². The molecule has 0 radical (unpaired) electrons. The van der Waals surface area contributed by atoms with E-state index in [1.807, 2.05) is 45.0 Å². The maximum absolute atomic E-state index is 13.3. The molecule has 0 bridgehead atoms. The van der Waals surface area contributed by atoms with E-state index in [1.165, 1.54) is 12.1 Å². The van der Waals surface area contributed by atoms with Gasteiger partial charge in [-0.3, -0.25) is 9.59 Å². The molecule has 0 saturated carbocycles. The Bertz CT molecular complexity index is 1020. The van der Waals surface area contributed by atoms with Crippen molar-refractivity contribution < 1.29 is 14.0 Å². The Hall–Kier alpha value is -3.15. The normalized spacial score (nSPS) is 11.4. The van der Waals surface area contributed by atoms with E-state index in [9.17, 15) is 14.0 Å². The van der Waals surface area contributed by atoms with Crippen molar-refractivity contribution in [2.45, 2.75) is 39.2 Å². The quantitative estimate of drug-likeness (QED) is 0.591. The van der Waals surface area contributed by atoms with E-state index in [0.29, 0.717) is 6.42 Å². The molecule has 3 N–H and O–H groups in total. The molecule has 0 aliphatic rings. The lowest BCUT2D eigenvalue weighted by Crippen LogP contribution is -2.45. The Morgan fingerprint density at radius 3 is 2.38 bits per heavy atom. The number of rotatable bonds is 6. The van der Waals surface area contributed by atoms with E-state index in [1.54, 1.807) is 12.1 Å². The molecule has 0 aliphatic carbocycles. The van der Waals surface area contributed by atoms with E-state index < -0.39 is 0 Å². The lowest BCUT2D eigenvalue weighted by molar-refractivity contribution is -0.126. The second-order valence-corrected chi connectivity index (χ2v) is 8.11. The Morgan fingerprint density at radius 2 is 1.69 bits per heavy atom. The van der Waals surface area contributed by atoms with Gasteiger partial charge in [-0.15, -0.1) is 0 Å². The average Bonchev–Trinajstić information content (AvgIpc) is 3.02. The molecule has 29 heavy (non-hydrogen) atoms. The van der Waals surface area contributed by atoms with Crippen LogP contribution < -0.4 is 10.6 Å². The van der Waals surface area contributed by atoms with Crippen molar-refractivity contribution in [3.05, 3.63) is 59.9 Å². The predicted molar refractivity (Wildman–Crippen MR) is 113 cm³/mol. The minimum atomic E-state index is -0.337. The second-order valence-electron chi connectivity index (χ2n) is 8.11. The molecule has 0 aliphatic heterocycles. The first-order valence-corrected chi connectivity index (χ1v) is 9.66. The first-order chi connectivity index (χ1) is 13.7. The van der Waals surface area contributed by atoms with Crippen LogP contribution in [0, 0.1) is 5.82 Å². The highest BCUT2D eigenvalue weighted by molar-refractivity contribution is 5.91. The van der Waals surface area contributed by atoms with E-state index in [0.717, 1.165) is 27.7 Å². The number of carbonyl (C=O) groups is 2. The maximum atomic E-state index is 13.3. The molecule has 3 rings (SSSR count). The minimum Gasteiger partial charge on any atom is -0.354 e. The first kappa shape index (κ1) is 20.6. The summed E-state index contributed by atoms with van der Waals surface area (Å²) in [5, 5.41) is 6.52. The topological polar surface area (TPSA) is 74.0 Å². The summed E-state index contributed by atoms with van der Waals surface area (Å²) in [7, 11) is 0. The monoisotopic (exact) mass is 395 g/mol. The number of hydrogen-bond donors (Lipinski definition) is 3. The fraction of sp³-hybridized carbons (Fsp3) is 0.304. The molecule has 1 heterocycles. The predicted octanol–water partition coefficient (Wildman–Crippen LogP) is 3.94. The van der Waals surface area contributed by atoms with Crippen molar-refractivity contribution in [3.8, 4) is 11.3 Å². The zero-order valence-corrected chi connectivity index (χ0v) is 16.9. The maximum Gasteiger partial charge on any atom is 0.239 e. The molecule has 0 spiro atoms. The molecular formula is C23H26FN3O2. The van der Waals surface area contributed by atoms with Crippen LogP contribution in [0.3, 0.4) is 0 Å². The summed E-state index contributed by atoms with van der Waals surface area (Å²) in [6, 6.07) is 14.2. The molecule has 2 amide bonds. The highest BCUT2D eigenvalue weighted by atomic mass is 19.1. The van der Waals surface area contributed by atoms with Crippen LogP contribution in [-0.4, -0.2) is 28.9 Å². The lowest BCUT2D eigenvalue weighted by atomic mass is 10.0. The fourth-order valence-corrected chi connectivity index (χ4v) is 3.29. The Balaban J connectivity index is 1.72. The molecule has 152 valence electrons. The number of aryl methyl sites for hydroxylation is 1. The van der Waals surface area contributed by atoms with Gasteiger partial charge in [0.15, 0.2) is 0 Å². The smallest absolute Gasteiger partial charge is 0.239 e. The van der Waals surface area contributed by atoms with Gasteiger partial charge in [-0.2, -0.15) is 0 Å². The van der Waals surface area contributed by atoms with Gasteiger partial charge in [-0.25, -0.2) is 4.39 Å². The number of hydrogen-bond acceptors (Lipinski definition) is 2. The van der Waals surface area contributed by atoms with E-state index in [-0.39, 0.29) is 36.1 Å². The van der Waals surface area contributed by atoms with Crippen molar-refractivity contribution in [3.63, 3.8) is 0 Å². The third kappa shape index (κ3) is 5.44. The third-order valence-electron chi connectivity index (χ3n) is 4.51. The number of fused-ring (bicyclic) bond motifs is 1. The first-order valence-electron chi connectivity index (χ1n) is 9.66. The van der Waals surface area contributed by atoms with Crippen molar-refractivity contribution in [1.82, 2.24) is 15.6 Å². The van der Waals surface area contributed by atoms with E-state index in [4.69, 9.17) is 0 Å². The minimum absolute atomic E-state index is 0.0468. The highest BCUT2D eigenvalue weighted by Gasteiger charge is 2.16. The van der Waals surface area contributed by atoms with Gasteiger partial charge < -0.3 is 15.6 Å². The summed E-state index contributed by atoms with van der Waals surface area (Å²) < 4.78 is 13.3. The van der Waals surface area contributed by atoms with Crippen LogP contribution in [0.4, 0.5) is 4.39 Å². The summed E-state index contributed by atoms with van der Waals surface area (Å²) in [6.45, 7) is 5.62. The Labute approximate surface area is 169 Å². The second kappa shape index (κ2) is 8.47. The molecular weight excluding hydrogens is 369 g/mol. The summed E-state index contributed by atoms with van der Waals surface area (Å²) in [6.07, 6.45) is 0.752. The van der Waals surface area contributed by atoms with Gasteiger partial charge in [-0.05, 0) is 68.7 Å². The molecule has 0 atom stereocenters. The molecule has 5 nitrogen and oxygen atoms in total. The van der Waals surface area contributed by atoms with Crippen LogP contribution in [0.15, 0.2) is 48.5 Å². The zero-order chi connectivity index (χ0) is 21.0. The number of amides is 2. The van der Waals surface area contributed by atoms with E-state index >= 15 is 0 Å². The van der Waals surface area contributed by atoms with Crippen molar-refractivity contribution >= 4 is 22.7 Å². The molecule has 0 saturated heterocycles. The molecule has 1 aromatic heterocycles. The summed E-state index contributed by atoms with van der Waals surface area (Å²) in [5.41, 5.74) is 3.37. The Morgan fingerprint density at radius 1 is 1.00 bits per heavy atom. The van der Waals surface area contributed by atoms with Crippen LogP contribution in [0.1, 0.15) is 32.8 Å². The molecule has 0 unspecified atom stereocenters. The van der Waals surface area contributed by atoms with Crippen LogP contribution in [-0.2, 0) is 16.0 Å². The average molecular weight is 395 g/mol. The number of aromatic nitrogens is 1. The van der Waals surface area contributed by atoms with Crippen LogP contribution in [0.25, 0.3) is 22.2 Å². The van der Waals surface area contributed by atoms with Crippen molar-refractivity contribution in [1.29, 1.82) is 0 Å². The number of halogens is 1. The number of para-hydroxylation sites is 1. The van der Waals surface area contributed by atoms with Gasteiger partial charge in [-0.1, -0.05) is 18.2 Å². The summed E-state index contributed by atoms with van der Waals surface area (Å²) in [4.78, 5) is 27.5. The molecule has 3 aromatic rings. The SMILES string of the molecule is CC(C)(C)NC(=O)CNC(=O)CCc1c(-c2ccc(F)cc2)[nH]c2ccccc12. The van der Waals surface area contributed by atoms with Gasteiger partial charge in [0.2, 0.25) is 11.8 Å². The lowest BCUT2D eigenvalue weighted by Gasteiger charge is -2.20. The number of benzene rings is 2.